The molecule has 0 spiro atoms. The van der Waals surface area contributed by atoms with E-state index in [1.165, 1.54) is 0 Å². The third-order valence-electron chi connectivity index (χ3n) is 2.21. The van der Waals surface area contributed by atoms with Crippen molar-refractivity contribution in [3.8, 4) is 0 Å². The van der Waals surface area contributed by atoms with Crippen LogP contribution in [0.3, 0.4) is 0 Å². The topological polar surface area (TPSA) is 55.5 Å². The lowest BCUT2D eigenvalue weighted by Gasteiger charge is -2.16. The van der Waals surface area contributed by atoms with Crippen LogP contribution < -0.4 is 5.73 Å². The molecule has 1 aromatic rings. The van der Waals surface area contributed by atoms with Crippen molar-refractivity contribution in [3.05, 3.63) is 35.1 Å². The summed E-state index contributed by atoms with van der Waals surface area (Å²) in [7, 11) is 0. The number of halogens is 3. The summed E-state index contributed by atoms with van der Waals surface area (Å²) in [5.41, 5.74) is 5.54. The number of hydrogen-bond donors (Lipinski definition) is 2. The Morgan fingerprint density at radius 2 is 1.82 bits per heavy atom. The molecule has 3 N–H and O–H groups in total. The van der Waals surface area contributed by atoms with Crippen LogP contribution in [0, 0.1) is 17.5 Å². The zero-order valence-corrected chi connectivity index (χ0v) is 9.13. The zero-order chi connectivity index (χ0) is 12.8. The molecular formula is C11H14F3NO2. The van der Waals surface area contributed by atoms with Crippen molar-refractivity contribution in [3.63, 3.8) is 0 Å². The van der Waals surface area contributed by atoms with Gasteiger partial charge in [0.2, 0.25) is 0 Å². The highest BCUT2D eigenvalue weighted by molar-refractivity contribution is 5.22. The molecule has 0 radical (unpaired) electrons. The second-order valence-electron chi connectivity index (χ2n) is 3.47. The van der Waals surface area contributed by atoms with Gasteiger partial charge in [-0.1, -0.05) is 0 Å². The smallest absolute Gasteiger partial charge is 0.194 e. The largest absolute Gasteiger partial charge is 0.396 e. The molecular weight excluding hydrogens is 235 g/mol. The van der Waals surface area contributed by atoms with Gasteiger partial charge in [0.1, 0.15) is 0 Å². The van der Waals surface area contributed by atoms with Crippen molar-refractivity contribution in [1.82, 2.24) is 0 Å². The summed E-state index contributed by atoms with van der Waals surface area (Å²) in [6.07, 6.45) is -0.325. The van der Waals surface area contributed by atoms with Crippen molar-refractivity contribution < 1.29 is 23.0 Å². The normalized spacial score (nSPS) is 12.8. The highest BCUT2D eigenvalue weighted by Crippen LogP contribution is 2.21. The third kappa shape index (κ3) is 3.69. The first-order chi connectivity index (χ1) is 8.10. The minimum absolute atomic E-state index is 0.00986. The van der Waals surface area contributed by atoms with Gasteiger partial charge < -0.3 is 15.6 Å². The highest BCUT2D eigenvalue weighted by atomic mass is 19.2. The minimum atomic E-state index is -1.51. The van der Waals surface area contributed by atoms with Gasteiger partial charge in [0.15, 0.2) is 17.5 Å². The summed E-state index contributed by atoms with van der Waals surface area (Å²) in [6.45, 7) is 0.165. The van der Waals surface area contributed by atoms with Gasteiger partial charge in [0, 0.05) is 19.8 Å². The Kier molecular flexibility index (Phi) is 5.40. The highest BCUT2D eigenvalue weighted by Gasteiger charge is 2.16. The SMILES string of the molecule is NCC(OCCCO)c1cc(F)c(F)c(F)c1. The molecule has 0 aliphatic heterocycles. The number of aliphatic hydroxyl groups excluding tert-OH is 1. The summed E-state index contributed by atoms with van der Waals surface area (Å²) >= 11 is 0. The number of benzene rings is 1. The molecule has 0 bridgehead atoms. The van der Waals surface area contributed by atoms with E-state index < -0.39 is 23.6 Å². The standard InChI is InChI=1S/C11H14F3NO2/c12-8-4-7(5-9(13)11(8)14)10(6-15)17-3-1-2-16/h4-5,10,16H,1-3,6,15H2. The summed E-state index contributed by atoms with van der Waals surface area (Å²) < 4.78 is 43.9. The molecule has 0 aromatic heterocycles. The number of rotatable bonds is 6. The predicted octanol–water partition coefficient (Wildman–Crippen LogP) is 1.50. The Morgan fingerprint density at radius 1 is 1.24 bits per heavy atom. The maximum Gasteiger partial charge on any atom is 0.194 e. The van der Waals surface area contributed by atoms with E-state index in [1.807, 2.05) is 0 Å². The van der Waals surface area contributed by atoms with Crippen LogP contribution in [0.4, 0.5) is 13.2 Å². The van der Waals surface area contributed by atoms with Crippen LogP contribution in [0.15, 0.2) is 12.1 Å². The minimum Gasteiger partial charge on any atom is -0.396 e. The maximum atomic E-state index is 13.0. The lowest BCUT2D eigenvalue weighted by Crippen LogP contribution is -2.17. The zero-order valence-electron chi connectivity index (χ0n) is 9.13. The van der Waals surface area contributed by atoms with Crippen LogP contribution in [0.5, 0.6) is 0 Å². The van der Waals surface area contributed by atoms with Crippen LogP contribution in [0.25, 0.3) is 0 Å². The van der Waals surface area contributed by atoms with Crippen molar-refractivity contribution >= 4 is 0 Å². The molecule has 1 atom stereocenters. The second-order valence-corrected chi connectivity index (χ2v) is 3.47. The Bertz CT molecular complexity index is 351. The van der Waals surface area contributed by atoms with Crippen molar-refractivity contribution in [1.29, 1.82) is 0 Å². The fourth-order valence-electron chi connectivity index (χ4n) is 1.35. The molecule has 0 saturated heterocycles. The van der Waals surface area contributed by atoms with Gasteiger partial charge in [0.05, 0.1) is 6.10 Å². The maximum absolute atomic E-state index is 13.0. The molecule has 0 aliphatic carbocycles. The lowest BCUT2D eigenvalue weighted by atomic mass is 10.1. The average Bonchev–Trinajstić information content (AvgIpc) is 2.31. The van der Waals surface area contributed by atoms with Gasteiger partial charge in [-0.05, 0) is 24.1 Å². The Labute approximate surface area is 97.0 Å². The molecule has 1 rings (SSSR count). The van der Waals surface area contributed by atoms with Crippen LogP contribution in [-0.2, 0) is 4.74 Å². The molecule has 0 amide bonds. The Morgan fingerprint density at radius 3 is 2.29 bits per heavy atom. The summed E-state index contributed by atoms with van der Waals surface area (Å²) in [6, 6.07) is 1.71. The number of nitrogens with two attached hydrogens (primary N) is 1. The van der Waals surface area contributed by atoms with E-state index in [1.54, 1.807) is 0 Å². The molecule has 96 valence electrons. The summed E-state index contributed by atoms with van der Waals surface area (Å²) in [4.78, 5) is 0. The van der Waals surface area contributed by atoms with E-state index in [4.69, 9.17) is 15.6 Å². The fraction of sp³-hybridized carbons (Fsp3) is 0.455. The van der Waals surface area contributed by atoms with Gasteiger partial charge in [-0.3, -0.25) is 0 Å². The first-order valence-electron chi connectivity index (χ1n) is 5.17. The molecule has 0 saturated carbocycles. The van der Waals surface area contributed by atoms with E-state index in [-0.39, 0.29) is 25.3 Å². The average molecular weight is 249 g/mol. The van der Waals surface area contributed by atoms with E-state index in [0.29, 0.717) is 6.42 Å². The quantitative estimate of drug-likeness (QED) is 0.593. The molecule has 0 fully saturated rings. The van der Waals surface area contributed by atoms with Crippen molar-refractivity contribution in [2.75, 3.05) is 19.8 Å². The molecule has 6 heteroatoms. The predicted molar refractivity (Wildman–Crippen MR) is 55.8 cm³/mol. The monoisotopic (exact) mass is 249 g/mol. The number of aliphatic hydroxyl groups is 1. The van der Waals surface area contributed by atoms with E-state index in [2.05, 4.69) is 0 Å². The lowest BCUT2D eigenvalue weighted by molar-refractivity contribution is 0.0484. The Balaban J connectivity index is 2.81. The number of hydrogen-bond acceptors (Lipinski definition) is 3. The van der Waals surface area contributed by atoms with Gasteiger partial charge in [-0.25, -0.2) is 13.2 Å². The van der Waals surface area contributed by atoms with Crippen LogP contribution in [-0.4, -0.2) is 24.9 Å². The summed E-state index contributed by atoms with van der Waals surface area (Å²) in [5.74, 6) is -4.06. The van der Waals surface area contributed by atoms with Gasteiger partial charge in [0.25, 0.3) is 0 Å². The molecule has 1 aromatic carbocycles. The van der Waals surface area contributed by atoms with Crippen molar-refractivity contribution in [2.24, 2.45) is 5.73 Å². The molecule has 17 heavy (non-hydrogen) atoms. The first-order valence-corrected chi connectivity index (χ1v) is 5.17. The fourth-order valence-corrected chi connectivity index (χ4v) is 1.35. The van der Waals surface area contributed by atoms with Gasteiger partial charge in [-0.15, -0.1) is 0 Å². The number of ether oxygens (including phenoxy) is 1. The first kappa shape index (κ1) is 14.0. The van der Waals surface area contributed by atoms with Crippen LogP contribution in [0.1, 0.15) is 18.1 Å². The summed E-state index contributed by atoms with van der Waals surface area (Å²) in [5, 5.41) is 8.57. The van der Waals surface area contributed by atoms with Crippen LogP contribution in [0.2, 0.25) is 0 Å². The molecule has 3 nitrogen and oxygen atoms in total. The van der Waals surface area contributed by atoms with Gasteiger partial charge >= 0.3 is 0 Å². The molecule has 0 heterocycles. The van der Waals surface area contributed by atoms with E-state index in [0.717, 1.165) is 12.1 Å². The van der Waals surface area contributed by atoms with E-state index in [9.17, 15) is 13.2 Å². The van der Waals surface area contributed by atoms with Crippen LogP contribution >= 0.6 is 0 Å². The Hall–Kier alpha value is -1.11. The van der Waals surface area contributed by atoms with Crippen molar-refractivity contribution in [2.45, 2.75) is 12.5 Å². The second kappa shape index (κ2) is 6.58. The third-order valence-corrected chi connectivity index (χ3v) is 2.21. The van der Waals surface area contributed by atoms with E-state index >= 15 is 0 Å². The van der Waals surface area contributed by atoms with Gasteiger partial charge in [-0.2, -0.15) is 0 Å². The molecule has 0 aliphatic rings. The molecule has 1 unspecified atom stereocenters.